The van der Waals surface area contributed by atoms with Crippen molar-refractivity contribution in [3.05, 3.63) is 61.8 Å². The molecule has 2 aromatic heterocycles. The molecule has 0 saturated carbocycles. The van der Waals surface area contributed by atoms with Gasteiger partial charge in [-0.3, -0.25) is 19.7 Å². The Hall–Kier alpha value is -3.63. The normalized spacial score (nSPS) is 10.9. The van der Waals surface area contributed by atoms with Gasteiger partial charge in [-0.15, -0.1) is 10.2 Å². The van der Waals surface area contributed by atoms with Crippen LogP contribution in [-0.2, 0) is 6.42 Å². The van der Waals surface area contributed by atoms with Gasteiger partial charge in [-0.05, 0) is 6.92 Å². The third-order valence-corrected chi connectivity index (χ3v) is 3.39. The second kappa shape index (κ2) is 5.53. The number of aromatic nitrogens is 5. The topological polar surface area (TPSA) is 151 Å². The third kappa shape index (κ3) is 2.47. The average Bonchev–Trinajstić information content (AvgIpc) is 2.93. The molecular formula is C13H11N7O4. The molecule has 2 heterocycles. The van der Waals surface area contributed by atoms with E-state index in [0.29, 0.717) is 5.82 Å². The quantitative estimate of drug-likeness (QED) is 0.295. The summed E-state index contributed by atoms with van der Waals surface area (Å²) in [6, 6.07) is 5.24. The van der Waals surface area contributed by atoms with E-state index < -0.39 is 16.3 Å². The molecule has 2 N–H and O–H groups in total. The Labute approximate surface area is 133 Å². The molecule has 0 unspecified atom stereocenters. The van der Waals surface area contributed by atoms with Crippen LogP contribution in [0.3, 0.4) is 0 Å². The van der Waals surface area contributed by atoms with Crippen LogP contribution < -0.4 is 11.4 Å². The van der Waals surface area contributed by atoms with Crippen LogP contribution in [-0.4, -0.2) is 35.2 Å². The van der Waals surface area contributed by atoms with Gasteiger partial charge in [-0.2, -0.15) is 14.3 Å². The highest BCUT2D eigenvalue weighted by Gasteiger charge is 2.18. The maximum Gasteiger partial charge on any atom is 0.295 e. The molecule has 0 aliphatic rings. The molecule has 3 rings (SSSR count). The number of Topliss-reactive ketones (excluding diaryl/α,β-unsaturated/α-hetero) is 1. The number of ketones is 1. The first-order valence-electron chi connectivity index (χ1n) is 6.75. The van der Waals surface area contributed by atoms with Crippen molar-refractivity contribution >= 4 is 17.2 Å². The van der Waals surface area contributed by atoms with Gasteiger partial charge in [0.15, 0.2) is 11.6 Å². The fraction of sp³-hybridized carbons (Fsp3) is 0.154. The van der Waals surface area contributed by atoms with Crippen molar-refractivity contribution in [2.75, 3.05) is 5.84 Å². The van der Waals surface area contributed by atoms with Crippen molar-refractivity contribution in [3.8, 4) is 0 Å². The Morgan fingerprint density at radius 1 is 1.38 bits per heavy atom. The van der Waals surface area contributed by atoms with Gasteiger partial charge in [0.1, 0.15) is 5.69 Å². The van der Waals surface area contributed by atoms with E-state index in [-0.39, 0.29) is 29.1 Å². The van der Waals surface area contributed by atoms with Gasteiger partial charge in [0, 0.05) is 17.7 Å². The Balaban J connectivity index is 2.00. The fourth-order valence-corrected chi connectivity index (χ4v) is 2.17. The highest BCUT2D eigenvalue weighted by Crippen LogP contribution is 2.14. The lowest BCUT2D eigenvalue weighted by atomic mass is 10.1. The minimum Gasteiger partial charge on any atom is -0.333 e. The van der Waals surface area contributed by atoms with E-state index in [0.717, 1.165) is 10.7 Å². The first-order chi connectivity index (χ1) is 11.4. The van der Waals surface area contributed by atoms with E-state index >= 15 is 0 Å². The summed E-state index contributed by atoms with van der Waals surface area (Å²) in [6.07, 6.45) is -0.356. The van der Waals surface area contributed by atoms with Crippen molar-refractivity contribution in [1.82, 2.24) is 24.5 Å². The highest BCUT2D eigenvalue weighted by atomic mass is 16.6. The molecule has 11 nitrogen and oxygen atoms in total. The van der Waals surface area contributed by atoms with Crippen molar-refractivity contribution < 1.29 is 9.72 Å². The molecule has 0 amide bonds. The van der Waals surface area contributed by atoms with Gasteiger partial charge in [0.2, 0.25) is 0 Å². The van der Waals surface area contributed by atoms with Crippen LogP contribution in [0.15, 0.2) is 29.1 Å². The molecule has 1 aromatic carbocycles. The predicted octanol–water partition coefficient (Wildman–Crippen LogP) is -0.358. The minimum atomic E-state index is -0.686. The number of non-ortho nitro benzene ring substituents is 1. The lowest BCUT2D eigenvalue weighted by Crippen LogP contribution is -2.34. The van der Waals surface area contributed by atoms with Gasteiger partial charge >= 0.3 is 0 Å². The second-order valence-electron chi connectivity index (χ2n) is 4.99. The van der Waals surface area contributed by atoms with Crippen LogP contribution in [0.1, 0.15) is 21.9 Å². The largest absolute Gasteiger partial charge is 0.333 e. The van der Waals surface area contributed by atoms with Gasteiger partial charge in [0.05, 0.1) is 11.3 Å². The van der Waals surface area contributed by atoms with Gasteiger partial charge in [-0.25, -0.2) is 0 Å². The van der Waals surface area contributed by atoms with Crippen LogP contribution in [0, 0.1) is 17.0 Å². The maximum atomic E-state index is 12.3. The number of carbonyl (C=O) groups is 1. The van der Waals surface area contributed by atoms with E-state index in [1.54, 1.807) is 6.92 Å². The van der Waals surface area contributed by atoms with E-state index in [2.05, 4.69) is 15.3 Å². The molecule has 0 spiro atoms. The van der Waals surface area contributed by atoms with E-state index in [4.69, 9.17) is 5.84 Å². The molecule has 0 saturated heterocycles. The Bertz CT molecular complexity index is 1040. The summed E-state index contributed by atoms with van der Waals surface area (Å²) in [6.45, 7) is 1.61. The summed E-state index contributed by atoms with van der Waals surface area (Å²) in [5.74, 6) is 5.60. The molecule has 3 aromatic rings. The van der Waals surface area contributed by atoms with Crippen molar-refractivity contribution in [1.29, 1.82) is 0 Å². The number of hydrogen-bond donors (Lipinski definition) is 1. The first-order valence-corrected chi connectivity index (χ1v) is 6.75. The van der Waals surface area contributed by atoms with Crippen LogP contribution in [0.2, 0.25) is 0 Å². The third-order valence-electron chi connectivity index (χ3n) is 3.39. The molecule has 0 radical (unpaired) electrons. The van der Waals surface area contributed by atoms with Gasteiger partial charge in [-0.1, -0.05) is 12.1 Å². The zero-order valence-electron chi connectivity index (χ0n) is 12.4. The van der Waals surface area contributed by atoms with E-state index in [1.807, 2.05) is 0 Å². The van der Waals surface area contributed by atoms with Gasteiger partial charge < -0.3 is 5.84 Å². The monoisotopic (exact) mass is 329 g/mol. The van der Waals surface area contributed by atoms with Crippen LogP contribution in [0.25, 0.3) is 5.78 Å². The number of carbonyl (C=O) groups excluding carboxylic acids is 1. The number of nitrogens with two attached hydrogens (primary N) is 1. The number of hydrogen-bond acceptors (Lipinski definition) is 8. The highest BCUT2D eigenvalue weighted by molar-refractivity contribution is 5.97. The SMILES string of the molecule is Cc1nnc2n(N)c(=O)c(CC(=O)c3cccc([N+](=O)[O-])c3)nn12. The van der Waals surface area contributed by atoms with Crippen molar-refractivity contribution in [3.63, 3.8) is 0 Å². The fourth-order valence-electron chi connectivity index (χ4n) is 2.17. The predicted molar refractivity (Wildman–Crippen MR) is 81.1 cm³/mol. The smallest absolute Gasteiger partial charge is 0.295 e. The standard InChI is InChI=1S/C13H11N7O4/c1-7-15-16-13-18(14)12(22)10(17-19(7)13)6-11(21)8-3-2-4-9(5-8)20(23)24/h2-5H,6,14H2,1H3. The van der Waals surface area contributed by atoms with Crippen LogP contribution in [0.4, 0.5) is 5.69 Å². The molecule has 0 aliphatic carbocycles. The Kier molecular flexibility index (Phi) is 3.52. The number of nitrogen functional groups attached to an aromatic ring is 1. The van der Waals surface area contributed by atoms with Crippen LogP contribution in [0.5, 0.6) is 0 Å². The number of nitrogens with zero attached hydrogens (tertiary/aromatic N) is 6. The summed E-state index contributed by atoms with van der Waals surface area (Å²) < 4.78 is 2.00. The van der Waals surface area contributed by atoms with E-state index in [9.17, 15) is 19.7 Å². The number of nitro groups is 1. The number of benzene rings is 1. The molecule has 0 aliphatic heterocycles. The summed E-state index contributed by atoms with van der Waals surface area (Å²) in [5, 5.41) is 22.3. The Morgan fingerprint density at radius 3 is 2.83 bits per heavy atom. The van der Waals surface area contributed by atoms with E-state index in [1.165, 1.54) is 22.7 Å². The summed E-state index contributed by atoms with van der Waals surface area (Å²) >= 11 is 0. The molecule has 0 atom stereocenters. The number of aryl methyl sites for hydroxylation is 1. The summed E-state index contributed by atoms with van der Waals surface area (Å²) in [4.78, 5) is 34.7. The zero-order chi connectivity index (χ0) is 17.4. The second-order valence-corrected chi connectivity index (χ2v) is 4.99. The van der Waals surface area contributed by atoms with Crippen molar-refractivity contribution in [2.24, 2.45) is 0 Å². The van der Waals surface area contributed by atoms with Gasteiger partial charge in [0.25, 0.3) is 17.0 Å². The van der Waals surface area contributed by atoms with Crippen LogP contribution >= 0.6 is 0 Å². The molecule has 122 valence electrons. The lowest BCUT2D eigenvalue weighted by Gasteiger charge is -2.05. The number of nitro benzene ring substituents is 1. The van der Waals surface area contributed by atoms with Crippen molar-refractivity contribution in [2.45, 2.75) is 13.3 Å². The maximum absolute atomic E-state index is 12.3. The zero-order valence-corrected chi connectivity index (χ0v) is 12.4. The molecule has 24 heavy (non-hydrogen) atoms. The first kappa shape index (κ1) is 15.3. The molecule has 0 bridgehead atoms. The molecule has 11 heteroatoms. The average molecular weight is 329 g/mol. The summed E-state index contributed by atoms with van der Waals surface area (Å²) in [7, 11) is 0. The summed E-state index contributed by atoms with van der Waals surface area (Å²) in [5.41, 5.74) is -0.900. The lowest BCUT2D eigenvalue weighted by molar-refractivity contribution is -0.384. The Morgan fingerprint density at radius 2 is 2.12 bits per heavy atom. The minimum absolute atomic E-state index is 0.0454. The molecule has 0 fully saturated rings. The number of rotatable bonds is 4. The molecular weight excluding hydrogens is 318 g/mol. The number of fused-ring (bicyclic) bond motifs is 1.